The van der Waals surface area contributed by atoms with E-state index in [4.69, 9.17) is 5.73 Å². The molecule has 1 atom stereocenters. The Bertz CT molecular complexity index is 1130. The van der Waals surface area contributed by atoms with Crippen LogP contribution in [0.2, 0.25) is 0 Å². The van der Waals surface area contributed by atoms with E-state index >= 15 is 0 Å². The van der Waals surface area contributed by atoms with Gasteiger partial charge in [-0.05, 0) is 66.9 Å². The van der Waals surface area contributed by atoms with Gasteiger partial charge in [0.05, 0.1) is 6.42 Å². The SMILES string of the molecule is Nc1ccc(C(=O)Nc2ccc(NC(=O)C3CCCN3C(=O)Cc3ccccc3)cc2)cc1. The van der Waals surface area contributed by atoms with Gasteiger partial charge < -0.3 is 21.3 Å². The molecule has 3 amide bonds. The highest BCUT2D eigenvalue weighted by atomic mass is 16.2. The first-order valence-electron chi connectivity index (χ1n) is 10.9. The average Bonchev–Trinajstić information content (AvgIpc) is 3.32. The van der Waals surface area contributed by atoms with Crippen molar-refractivity contribution in [3.05, 3.63) is 90.0 Å². The second-order valence-electron chi connectivity index (χ2n) is 8.05. The van der Waals surface area contributed by atoms with E-state index in [1.165, 1.54) is 0 Å². The maximum Gasteiger partial charge on any atom is 0.255 e. The minimum atomic E-state index is -0.480. The summed E-state index contributed by atoms with van der Waals surface area (Å²) in [5.74, 6) is -0.488. The summed E-state index contributed by atoms with van der Waals surface area (Å²) in [6.45, 7) is 0.583. The summed E-state index contributed by atoms with van der Waals surface area (Å²) in [7, 11) is 0. The molecule has 0 aromatic heterocycles. The average molecular weight is 443 g/mol. The van der Waals surface area contributed by atoms with Gasteiger partial charge >= 0.3 is 0 Å². The van der Waals surface area contributed by atoms with Crippen LogP contribution in [0.4, 0.5) is 17.1 Å². The Balaban J connectivity index is 1.34. The third-order valence-electron chi connectivity index (χ3n) is 5.66. The van der Waals surface area contributed by atoms with Crippen LogP contribution in [-0.2, 0) is 16.0 Å². The lowest BCUT2D eigenvalue weighted by Crippen LogP contribution is -2.43. The summed E-state index contributed by atoms with van der Waals surface area (Å²) in [5, 5.41) is 5.70. The van der Waals surface area contributed by atoms with E-state index in [0.717, 1.165) is 12.0 Å². The molecule has 168 valence electrons. The third kappa shape index (κ3) is 5.57. The first-order chi connectivity index (χ1) is 16.0. The zero-order valence-corrected chi connectivity index (χ0v) is 18.2. The molecule has 7 heteroatoms. The number of rotatable bonds is 6. The summed E-state index contributed by atoms with van der Waals surface area (Å²) in [4.78, 5) is 39.6. The molecule has 1 heterocycles. The van der Waals surface area contributed by atoms with E-state index < -0.39 is 6.04 Å². The van der Waals surface area contributed by atoms with E-state index in [1.807, 2.05) is 30.3 Å². The summed E-state index contributed by atoms with van der Waals surface area (Å²) in [6.07, 6.45) is 1.73. The lowest BCUT2D eigenvalue weighted by molar-refractivity contribution is -0.136. The molecule has 7 nitrogen and oxygen atoms in total. The van der Waals surface area contributed by atoms with Gasteiger partial charge in [-0.25, -0.2) is 0 Å². The molecule has 1 fully saturated rings. The Kier molecular flexibility index (Phi) is 6.69. The van der Waals surface area contributed by atoms with Gasteiger partial charge in [0.25, 0.3) is 5.91 Å². The Morgan fingerprint density at radius 2 is 1.48 bits per heavy atom. The van der Waals surface area contributed by atoms with Gasteiger partial charge in [0.1, 0.15) is 6.04 Å². The number of benzene rings is 3. The summed E-state index contributed by atoms with van der Waals surface area (Å²) in [6, 6.07) is 22.6. The molecule has 1 aliphatic heterocycles. The topological polar surface area (TPSA) is 105 Å². The second-order valence-corrected chi connectivity index (χ2v) is 8.05. The number of likely N-dealkylation sites (tertiary alicyclic amines) is 1. The first-order valence-corrected chi connectivity index (χ1v) is 10.9. The van der Waals surface area contributed by atoms with Gasteiger partial charge in [0, 0.05) is 29.2 Å². The van der Waals surface area contributed by atoms with Crippen LogP contribution in [0.5, 0.6) is 0 Å². The van der Waals surface area contributed by atoms with Crippen molar-refractivity contribution in [2.24, 2.45) is 0 Å². The lowest BCUT2D eigenvalue weighted by Gasteiger charge is -2.24. The highest BCUT2D eigenvalue weighted by molar-refractivity contribution is 6.04. The number of nitrogens with zero attached hydrogens (tertiary/aromatic N) is 1. The van der Waals surface area contributed by atoms with Gasteiger partial charge in [0.2, 0.25) is 11.8 Å². The standard InChI is InChI=1S/C26H26N4O3/c27-20-10-8-19(9-11-20)25(32)28-21-12-14-22(15-13-21)29-26(33)23-7-4-16-30(23)24(31)17-18-5-2-1-3-6-18/h1-3,5-6,8-15,23H,4,7,16-17,27H2,(H,28,32)(H,29,33). The molecular weight excluding hydrogens is 416 g/mol. The maximum atomic E-state index is 12.9. The van der Waals surface area contributed by atoms with Crippen molar-refractivity contribution in [2.75, 3.05) is 22.9 Å². The van der Waals surface area contributed by atoms with E-state index in [-0.39, 0.29) is 24.1 Å². The number of carbonyl (C=O) groups is 3. The zero-order valence-electron chi connectivity index (χ0n) is 18.2. The third-order valence-corrected chi connectivity index (χ3v) is 5.66. The number of anilines is 3. The quantitative estimate of drug-likeness (QED) is 0.506. The number of hydrogen-bond donors (Lipinski definition) is 3. The predicted molar refractivity (Wildman–Crippen MR) is 129 cm³/mol. The van der Waals surface area contributed by atoms with Crippen molar-refractivity contribution in [1.29, 1.82) is 0 Å². The molecular formula is C26H26N4O3. The maximum absolute atomic E-state index is 12.9. The van der Waals surface area contributed by atoms with E-state index in [1.54, 1.807) is 53.4 Å². The van der Waals surface area contributed by atoms with Crippen LogP contribution < -0.4 is 16.4 Å². The Labute approximate surface area is 192 Å². The molecule has 0 bridgehead atoms. The summed E-state index contributed by atoms with van der Waals surface area (Å²) >= 11 is 0. The van der Waals surface area contributed by atoms with Crippen molar-refractivity contribution in [2.45, 2.75) is 25.3 Å². The number of nitrogen functional groups attached to an aromatic ring is 1. The largest absolute Gasteiger partial charge is 0.399 e. The van der Waals surface area contributed by atoms with Gasteiger partial charge in [-0.15, -0.1) is 0 Å². The van der Waals surface area contributed by atoms with E-state index in [0.29, 0.717) is 35.6 Å². The molecule has 1 saturated heterocycles. The van der Waals surface area contributed by atoms with Crippen molar-refractivity contribution >= 4 is 34.8 Å². The molecule has 0 aliphatic carbocycles. The molecule has 0 saturated carbocycles. The van der Waals surface area contributed by atoms with Gasteiger partial charge in [-0.2, -0.15) is 0 Å². The Morgan fingerprint density at radius 3 is 2.15 bits per heavy atom. The normalized spacial score (nSPS) is 15.2. The molecule has 4 rings (SSSR count). The number of carbonyl (C=O) groups excluding carboxylic acids is 3. The lowest BCUT2D eigenvalue weighted by atomic mass is 10.1. The summed E-state index contributed by atoms with van der Waals surface area (Å²) < 4.78 is 0. The van der Waals surface area contributed by atoms with Crippen LogP contribution in [-0.4, -0.2) is 35.2 Å². The molecule has 3 aromatic rings. The van der Waals surface area contributed by atoms with Gasteiger partial charge in [-0.1, -0.05) is 30.3 Å². The fourth-order valence-corrected chi connectivity index (χ4v) is 3.91. The number of amides is 3. The van der Waals surface area contributed by atoms with Crippen molar-refractivity contribution in [1.82, 2.24) is 4.90 Å². The van der Waals surface area contributed by atoms with Gasteiger partial charge in [0.15, 0.2) is 0 Å². The number of hydrogen-bond acceptors (Lipinski definition) is 4. The van der Waals surface area contributed by atoms with E-state index in [2.05, 4.69) is 10.6 Å². The molecule has 0 radical (unpaired) electrons. The number of nitrogens with two attached hydrogens (primary N) is 1. The fourth-order valence-electron chi connectivity index (χ4n) is 3.91. The van der Waals surface area contributed by atoms with Gasteiger partial charge in [-0.3, -0.25) is 14.4 Å². The molecule has 3 aromatic carbocycles. The fraction of sp³-hybridized carbons (Fsp3) is 0.192. The van der Waals surface area contributed by atoms with Crippen LogP contribution >= 0.6 is 0 Å². The minimum absolute atomic E-state index is 0.0421. The molecule has 1 aliphatic rings. The second kappa shape index (κ2) is 9.99. The van der Waals surface area contributed by atoms with Crippen molar-refractivity contribution in [3.8, 4) is 0 Å². The van der Waals surface area contributed by atoms with Crippen LogP contribution in [0.1, 0.15) is 28.8 Å². The smallest absolute Gasteiger partial charge is 0.255 e. The van der Waals surface area contributed by atoms with Crippen LogP contribution in [0.15, 0.2) is 78.9 Å². The summed E-state index contributed by atoms with van der Waals surface area (Å²) in [5.41, 5.74) is 8.89. The van der Waals surface area contributed by atoms with Crippen molar-refractivity contribution in [3.63, 3.8) is 0 Å². The highest BCUT2D eigenvalue weighted by Gasteiger charge is 2.33. The van der Waals surface area contributed by atoms with Crippen LogP contribution in [0.3, 0.4) is 0 Å². The van der Waals surface area contributed by atoms with Crippen molar-refractivity contribution < 1.29 is 14.4 Å². The highest BCUT2D eigenvalue weighted by Crippen LogP contribution is 2.22. The van der Waals surface area contributed by atoms with E-state index in [9.17, 15) is 14.4 Å². The zero-order chi connectivity index (χ0) is 23.2. The van der Waals surface area contributed by atoms with Crippen LogP contribution in [0.25, 0.3) is 0 Å². The predicted octanol–water partition coefficient (Wildman–Crippen LogP) is 3.69. The Hall–Kier alpha value is -4.13. The number of nitrogens with one attached hydrogen (secondary N) is 2. The van der Waals surface area contributed by atoms with Crippen LogP contribution in [0, 0.1) is 0 Å². The monoisotopic (exact) mass is 442 g/mol. The molecule has 4 N–H and O–H groups in total. The first kappa shape index (κ1) is 22.1. The Morgan fingerprint density at radius 1 is 0.848 bits per heavy atom. The molecule has 1 unspecified atom stereocenters. The molecule has 0 spiro atoms. The minimum Gasteiger partial charge on any atom is -0.399 e. The molecule has 33 heavy (non-hydrogen) atoms.